The van der Waals surface area contributed by atoms with Crippen molar-refractivity contribution in [2.75, 3.05) is 12.3 Å². The average Bonchev–Trinajstić information content (AvgIpc) is 2.09. The summed E-state index contributed by atoms with van der Waals surface area (Å²) >= 11 is 1.85. The fourth-order valence-electron chi connectivity index (χ4n) is 1.01. The van der Waals surface area contributed by atoms with Crippen LogP contribution < -0.4 is 5.32 Å². The fraction of sp³-hybridized carbons (Fsp3) is 0.900. The average molecular weight is 200 g/mol. The van der Waals surface area contributed by atoms with Crippen LogP contribution in [0.3, 0.4) is 0 Å². The minimum absolute atomic E-state index is 0.187. The Labute approximate surface area is 85.6 Å². The first-order valence-electron chi connectivity index (χ1n) is 4.99. The van der Waals surface area contributed by atoms with E-state index in [0.29, 0.717) is 0 Å². The van der Waals surface area contributed by atoms with Gasteiger partial charge >= 0.3 is 0 Å². The molecule has 0 aliphatic carbocycles. The SMILES string of the molecule is CCC(C)(C)NC1=NCC(C)CS1. The Morgan fingerprint density at radius 2 is 2.31 bits per heavy atom. The molecule has 1 rings (SSSR count). The van der Waals surface area contributed by atoms with Crippen LogP contribution >= 0.6 is 11.8 Å². The molecule has 1 aliphatic rings. The largest absolute Gasteiger partial charge is 0.360 e. The van der Waals surface area contributed by atoms with Crippen LogP contribution in [0.5, 0.6) is 0 Å². The fourth-order valence-corrected chi connectivity index (χ4v) is 2.07. The summed E-state index contributed by atoms with van der Waals surface area (Å²) in [6, 6.07) is 0. The van der Waals surface area contributed by atoms with Crippen molar-refractivity contribution >= 4 is 16.9 Å². The normalized spacial score (nSPS) is 24.0. The van der Waals surface area contributed by atoms with Gasteiger partial charge in [-0.2, -0.15) is 0 Å². The zero-order valence-corrected chi connectivity index (χ0v) is 9.87. The summed E-state index contributed by atoms with van der Waals surface area (Å²) in [7, 11) is 0. The quantitative estimate of drug-likeness (QED) is 0.740. The van der Waals surface area contributed by atoms with Gasteiger partial charge < -0.3 is 5.32 Å². The molecular weight excluding hydrogens is 180 g/mol. The Morgan fingerprint density at radius 3 is 2.77 bits per heavy atom. The highest BCUT2D eigenvalue weighted by atomic mass is 32.2. The molecule has 1 unspecified atom stereocenters. The molecule has 0 aromatic rings. The van der Waals surface area contributed by atoms with Gasteiger partial charge in [-0.15, -0.1) is 0 Å². The first kappa shape index (κ1) is 10.9. The van der Waals surface area contributed by atoms with Gasteiger partial charge in [-0.3, -0.25) is 4.99 Å². The van der Waals surface area contributed by atoms with E-state index in [4.69, 9.17) is 0 Å². The number of hydrogen-bond donors (Lipinski definition) is 1. The second-order valence-corrected chi connectivity index (χ2v) is 5.43. The molecule has 0 aromatic heterocycles. The van der Waals surface area contributed by atoms with Gasteiger partial charge in [0.1, 0.15) is 0 Å². The molecule has 1 N–H and O–H groups in total. The van der Waals surface area contributed by atoms with Crippen LogP contribution in [0.2, 0.25) is 0 Å². The van der Waals surface area contributed by atoms with Gasteiger partial charge in [0.05, 0.1) is 0 Å². The number of nitrogens with zero attached hydrogens (tertiary/aromatic N) is 1. The number of thioether (sulfide) groups is 1. The summed E-state index contributed by atoms with van der Waals surface area (Å²) in [5, 5.41) is 4.61. The highest BCUT2D eigenvalue weighted by molar-refractivity contribution is 8.13. The Hall–Kier alpha value is -0.180. The first-order chi connectivity index (χ1) is 6.03. The van der Waals surface area contributed by atoms with Crippen molar-refractivity contribution in [2.24, 2.45) is 10.9 Å². The molecule has 1 aliphatic heterocycles. The van der Waals surface area contributed by atoms with Crippen molar-refractivity contribution in [1.82, 2.24) is 5.32 Å². The first-order valence-corrected chi connectivity index (χ1v) is 5.97. The summed E-state index contributed by atoms with van der Waals surface area (Å²) in [5.74, 6) is 1.94. The van der Waals surface area contributed by atoms with Crippen LogP contribution in [0, 0.1) is 5.92 Å². The molecule has 0 saturated heterocycles. The van der Waals surface area contributed by atoms with Crippen molar-refractivity contribution in [3.05, 3.63) is 0 Å². The van der Waals surface area contributed by atoms with Gasteiger partial charge in [-0.1, -0.05) is 25.6 Å². The zero-order chi connectivity index (χ0) is 9.90. The third-order valence-electron chi connectivity index (χ3n) is 2.38. The monoisotopic (exact) mass is 200 g/mol. The van der Waals surface area contributed by atoms with E-state index in [9.17, 15) is 0 Å². The number of nitrogens with one attached hydrogen (secondary N) is 1. The van der Waals surface area contributed by atoms with Crippen LogP contribution in [0.4, 0.5) is 0 Å². The zero-order valence-electron chi connectivity index (χ0n) is 9.05. The topological polar surface area (TPSA) is 24.4 Å². The molecule has 13 heavy (non-hydrogen) atoms. The molecule has 0 amide bonds. The van der Waals surface area contributed by atoms with Gasteiger partial charge in [0.25, 0.3) is 0 Å². The molecule has 0 bridgehead atoms. The minimum atomic E-state index is 0.187. The van der Waals surface area contributed by atoms with Crippen molar-refractivity contribution in [1.29, 1.82) is 0 Å². The van der Waals surface area contributed by atoms with Crippen molar-refractivity contribution in [2.45, 2.75) is 39.7 Å². The molecule has 1 atom stereocenters. The highest BCUT2D eigenvalue weighted by Gasteiger charge is 2.19. The minimum Gasteiger partial charge on any atom is -0.360 e. The van der Waals surface area contributed by atoms with E-state index >= 15 is 0 Å². The Bertz CT molecular complexity index is 199. The van der Waals surface area contributed by atoms with Gasteiger partial charge in [0.15, 0.2) is 5.17 Å². The Balaban J connectivity index is 2.46. The molecule has 0 spiro atoms. The second kappa shape index (κ2) is 4.36. The molecule has 0 saturated carbocycles. The van der Waals surface area contributed by atoms with E-state index in [1.807, 2.05) is 11.8 Å². The smallest absolute Gasteiger partial charge is 0.156 e. The van der Waals surface area contributed by atoms with Crippen molar-refractivity contribution in [3.8, 4) is 0 Å². The number of rotatable bonds is 2. The van der Waals surface area contributed by atoms with Crippen LogP contribution in [0.1, 0.15) is 34.1 Å². The van der Waals surface area contributed by atoms with Crippen molar-refractivity contribution in [3.63, 3.8) is 0 Å². The van der Waals surface area contributed by atoms with E-state index in [1.165, 1.54) is 5.75 Å². The Morgan fingerprint density at radius 1 is 1.62 bits per heavy atom. The van der Waals surface area contributed by atoms with Gasteiger partial charge in [0, 0.05) is 17.8 Å². The lowest BCUT2D eigenvalue weighted by atomic mass is 10.0. The maximum Gasteiger partial charge on any atom is 0.156 e. The summed E-state index contributed by atoms with van der Waals surface area (Å²) in [6.45, 7) is 9.86. The van der Waals surface area contributed by atoms with E-state index in [1.54, 1.807) is 0 Å². The molecule has 0 radical (unpaired) electrons. The third-order valence-corrected chi connectivity index (χ3v) is 3.62. The molecule has 3 heteroatoms. The lowest BCUT2D eigenvalue weighted by Gasteiger charge is -2.28. The third kappa shape index (κ3) is 3.59. The maximum absolute atomic E-state index is 4.51. The standard InChI is InChI=1S/C10H20N2S/c1-5-10(3,4)12-9-11-6-8(2)7-13-9/h8H,5-7H2,1-4H3,(H,11,12). The lowest BCUT2D eigenvalue weighted by Crippen LogP contribution is -2.42. The molecule has 1 heterocycles. The van der Waals surface area contributed by atoms with Crippen LogP contribution in [0.15, 0.2) is 4.99 Å². The number of aliphatic imine (C=N–C) groups is 1. The van der Waals surface area contributed by atoms with Crippen LogP contribution in [-0.2, 0) is 0 Å². The number of amidine groups is 1. The molecule has 0 fully saturated rings. The van der Waals surface area contributed by atoms with E-state index in [-0.39, 0.29) is 5.54 Å². The maximum atomic E-state index is 4.51. The predicted octanol–water partition coefficient (Wildman–Crippen LogP) is 2.50. The van der Waals surface area contributed by atoms with Gasteiger partial charge in [-0.25, -0.2) is 0 Å². The molecular formula is C10H20N2S. The number of hydrogen-bond acceptors (Lipinski definition) is 3. The Kier molecular flexibility index (Phi) is 3.65. The summed E-state index contributed by atoms with van der Waals surface area (Å²) in [5.41, 5.74) is 0.187. The molecule has 0 aromatic carbocycles. The summed E-state index contributed by atoms with van der Waals surface area (Å²) in [6.07, 6.45) is 1.13. The molecule has 2 nitrogen and oxygen atoms in total. The summed E-state index contributed by atoms with van der Waals surface area (Å²) in [4.78, 5) is 4.51. The molecule has 76 valence electrons. The van der Waals surface area contributed by atoms with Crippen LogP contribution in [-0.4, -0.2) is 23.0 Å². The summed E-state index contributed by atoms with van der Waals surface area (Å²) < 4.78 is 0. The van der Waals surface area contributed by atoms with Gasteiger partial charge in [0.2, 0.25) is 0 Å². The van der Waals surface area contributed by atoms with Crippen LogP contribution in [0.25, 0.3) is 0 Å². The van der Waals surface area contributed by atoms with E-state index in [2.05, 4.69) is 38.0 Å². The van der Waals surface area contributed by atoms with E-state index < -0.39 is 0 Å². The van der Waals surface area contributed by atoms with Crippen molar-refractivity contribution < 1.29 is 0 Å². The van der Waals surface area contributed by atoms with E-state index in [0.717, 1.165) is 24.1 Å². The predicted molar refractivity (Wildman–Crippen MR) is 61.4 cm³/mol. The van der Waals surface area contributed by atoms with Gasteiger partial charge in [-0.05, 0) is 26.2 Å². The second-order valence-electron chi connectivity index (χ2n) is 4.42. The highest BCUT2D eigenvalue weighted by Crippen LogP contribution is 2.18. The lowest BCUT2D eigenvalue weighted by molar-refractivity contribution is 0.446.